The standard InChI is InChI=1S/C24H24ClNO5/c1-4-11-26-21(15-7-6-8-17(13-15)31-12-5-2)20(23(28)24(26)29)22(27)16-9-10-19(30-3)18(25)14-16/h5-10,13-14,21,27H,2,4,11-12H2,1,3H3/b22-20+. The first-order valence-corrected chi connectivity index (χ1v) is 10.3. The Morgan fingerprint density at radius 2 is 2.03 bits per heavy atom. The molecule has 0 aromatic heterocycles. The Morgan fingerprint density at radius 3 is 2.68 bits per heavy atom. The molecule has 0 bridgehead atoms. The minimum Gasteiger partial charge on any atom is -0.507 e. The lowest BCUT2D eigenvalue weighted by atomic mass is 9.95. The SMILES string of the molecule is C=CCOc1cccc(C2/C(=C(\O)c3ccc(OC)c(Cl)c3)C(=O)C(=O)N2CCC)c1. The second-order valence-corrected chi connectivity index (χ2v) is 7.42. The van der Waals surface area contributed by atoms with Crippen LogP contribution in [0.2, 0.25) is 5.02 Å². The van der Waals surface area contributed by atoms with Gasteiger partial charge >= 0.3 is 0 Å². The molecule has 1 saturated heterocycles. The summed E-state index contributed by atoms with van der Waals surface area (Å²) in [4.78, 5) is 27.2. The monoisotopic (exact) mass is 441 g/mol. The van der Waals surface area contributed by atoms with Gasteiger partial charge in [-0.2, -0.15) is 0 Å². The van der Waals surface area contributed by atoms with Crippen molar-refractivity contribution in [3.8, 4) is 11.5 Å². The second-order valence-electron chi connectivity index (χ2n) is 7.01. The third-order valence-electron chi connectivity index (χ3n) is 4.97. The van der Waals surface area contributed by atoms with E-state index in [-0.39, 0.29) is 16.4 Å². The average molecular weight is 442 g/mol. The number of carbonyl (C=O) groups excluding carboxylic acids is 2. The van der Waals surface area contributed by atoms with Gasteiger partial charge in [-0.1, -0.05) is 43.3 Å². The van der Waals surface area contributed by atoms with Gasteiger partial charge in [0.1, 0.15) is 23.9 Å². The van der Waals surface area contributed by atoms with Crippen molar-refractivity contribution in [1.82, 2.24) is 4.90 Å². The lowest BCUT2D eigenvalue weighted by Crippen LogP contribution is -2.30. The Labute approximate surface area is 186 Å². The molecule has 3 rings (SSSR count). The zero-order valence-corrected chi connectivity index (χ0v) is 18.2. The van der Waals surface area contributed by atoms with Crippen LogP contribution < -0.4 is 9.47 Å². The first kappa shape index (κ1) is 22.4. The van der Waals surface area contributed by atoms with Crippen molar-refractivity contribution in [3.05, 3.63) is 76.8 Å². The molecule has 162 valence electrons. The molecule has 2 aromatic carbocycles. The van der Waals surface area contributed by atoms with Crippen LogP contribution in [0.5, 0.6) is 11.5 Å². The van der Waals surface area contributed by atoms with Gasteiger partial charge in [-0.15, -0.1) is 0 Å². The van der Waals surface area contributed by atoms with Gasteiger partial charge in [0.25, 0.3) is 11.7 Å². The predicted molar refractivity (Wildman–Crippen MR) is 119 cm³/mol. The normalized spacial score (nSPS) is 17.6. The Balaban J connectivity index is 2.15. The average Bonchev–Trinajstić information content (AvgIpc) is 3.02. The number of halogens is 1. The molecule has 7 heteroatoms. The highest BCUT2D eigenvalue weighted by Gasteiger charge is 2.45. The van der Waals surface area contributed by atoms with E-state index >= 15 is 0 Å². The second kappa shape index (κ2) is 9.71. The number of aliphatic hydroxyl groups excluding tert-OH is 1. The van der Waals surface area contributed by atoms with Crippen molar-refractivity contribution < 1.29 is 24.2 Å². The quantitative estimate of drug-likeness (QED) is 0.277. The van der Waals surface area contributed by atoms with Crippen LogP contribution in [-0.2, 0) is 9.59 Å². The van der Waals surface area contributed by atoms with Gasteiger partial charge in [0.2, 0.25) is 0 Å². The molecular weight excluding hydrogens is 418 g/mol. The van der Waals surface area contributed by atoms with Gasteiger partial charge in [0.05, 0.1) is 23.7 Å². The van der Waals surface area contributed by atoms with Crippen LogP contribution in [0.15, 0.2) is 60.7 Å². The van der Waals surface area contributed by atoms with Gasteiger partial charge in [0, 0.05) is 12.1 Å². The van der Waals surface area contributed by atoms with E-state index < -0.39 is 17.7 Å². The Kier molecular flexibility index (Phi) is 7.02. The number of ketones is 1. The van der Waals surface area contributed by atoms with E-state index in [4.69, 9.17) is 21.1 Å². The molecule has 31 heavy (non-hydrogen) atoms. The van der Waals surface area contributed by atoms with E-state index in [0.29, 0.717) is 42.2 Å². The van der Waals surface area contributed by atoms with Crippen LogP contribution in [0.4, 0.5) is 0 Å². The Morgan fingerprint density at radius 1 is 1.26 bits per heavy atom. The van der Waals surface area contributed by atoms with Gasteiger partial charge in [-0.3, -0.25) is 9.59 Å². The van der Waals surface area contributed by atoms with Crippen LogP contribution in [0.1, 0.15) is 30.5 Å². The van der Waals surface area contributed by atoms with Crippen molar-refractivity contribution in [2.45, 2.75) is 19.4 Å². The molecular formula is C24H24ClNO5. The molecule has 1 atom stereocenters. The molecule has 1 aliphatic rings. The molecule has 0 radical (unpaired) electrons. The summed E-state index contributed by atoms with van der Waals surface area (Å²) in [6.45, 7) is 6.25. The Hall–Kier alpha value is -3.25. The van der Waals surface area contributed by atoms with Crippen LogP contribution >= 0.6 is 11.6 Å². The topological polar surface area (TPSA) is 76.1 Å². The molecule has 0 aliphatic carbocycles. The number of nitrogens with zero attached hydrogens (tertiary/aromatic N) is 1. The molecule has 1 heterocycles. The van der Waals surface area contributed by atoms with Crippen molar-refractivity contribution in [2.24, 2.45) is 0 Å². The Bertz CT molecular complexity index is 1050. The summed E-state index contributed by atoms with van der Waals surface area (Å²) >= 11 is 6.20. The van der Waals surface area contributed by atoms with Crippen molar-refractivity contribution >= 4 is 29.1 Å². The van der Waals surface area contributed by atoms with Gasteiger partial charge in [-0.25, -0.2) is 0 Å². The number of hydrogen-bond acceptors (Lipinski definition) is 5. The number of amides is 1. The molecule has 1 fully saturated rings. The smallest absolute Gasteiger partial charge is 0.295 e. The van der Waals surface area contributed by atoms with Crippen LogP contribution in [-0.4, -0.2) is 42.0 Å². The highest BCUT2D eigenvalue weighted by molar-refractivity contribution is 6.46. The number of rotatable bonds is 8. The van der Waals surface area contributed by atoms with Crippen LogP contribution in [0.25, 0.3) is 5.76 Å². The summed E-state index contributed by atoms with van der Waals surface area (Å²) in [6, 6.07) is 11.1. The van der Waals surface area contributed by atoms with Crippen molar-refractivity contribution in [1.29, 1.82) is 0 Å². The first-order chi connectivity index (χ1) is 14.9. The molecule has 2 aromatic rings. The number of benzene rings is 2. The van der Waals surface area contributed by atoms with Crippen LogP contribution in [0, 0.1) is 0 Å². The fourth-order valence-corrected chi connectivity index (χ4v) is 3.85. The first-order valence-electron chi connectivity index (χ1n) is 9.88. The zero-order valence-electron chi connectivity index (χ0n) is 17.4. The minimum atomic E-state index is -0.742. The third-order valence-corrected chi connectivity index (χ3v) is 5.27. The molecule has 1 aliphatic heterocycles. The molecule has 1 N–H and O–H groups in total. The summed E-state index contributed by atoms with van der Waals surface area (Å²) < 4.78 is 10.8. The number of likely N-dealkylation sites (tertiary alicyclic amines) is 1. The fourth-order valence-electron chi connectivity index (χ4n) is 3.60. The van der Waals surface area contributed by atoms with Gasteiger partial charge < -0.3 is 19.5 Å². The van der Waals surface area contributed by atoms with E-state index in [9.17, 15) is 14.7 Å². The lowest BCUT2D eigenvalue weighted by Gasteiger charge is -2.25. The summed E-state index contributed by atoms with van der Waals surface area (Å²) in [5.41, 5.74) is 1.00. The van der Waals surface area contributed by atoms with E-state index in [0.717, 1.165) is 0 Å². The maximum Gasteiger partial charge on any atom is 0.295 e. The summed E-state index contributed by atoms with van der Waals surface area (Å²) in [6.07, 6.45) is 2.29. The molecule has 0 spiro atoms. The van der Waals surface area contributed by atoms with Crippen LogP contribution in [0.3, 0.4) is 0 Å². The third kappa shape index (κ3) is 4.44. The summed E-state index contributed by atoms with van der Waals surface area (Å²) in [7, 11) is 1.48. The number of ether oxygens (including phenoxy) is 2. The zero-order chi connectivity index (χ0) is 22.5. The maximum absolute atomic E-state index is 12.9. The van der Waals surface area contributed by atoms with Crippen molar-refractivity contribution in [2.75, 3.05) is 20.3 Å². The summed E-state index contributed by atoms with van der Waals surface area (Å²) in [5, 5.41) is 11.3. The molecule has 0 saturated carbocycles. The number of hydrogen-bond donors (Lipinski definition) is 1. The predicted octanol–water partition coefficient (Wildman–Crippen LogP) is 4.75. The van der Waals surface area contributed by atoms with E-state index in [1.165, 1.54) is 18.1 Å². The van der Waals surface area contributed by atoms with E-state index in [2.05, 4.69) is 6.58 Å². The molecule has 6 nitrogen and oxygen atoms in total. The lowest BCUT2D eigenvalue weighted by molar-refractivity contribution is -0.139. The maximum atomic E-state index is 12.9. The molecule has 1 unspecified atom stereocenters. The van der Waals surface area contributed by atoms with Gasteiger partial charge in [-0.05, 0) is 42.3 Å². The minimum absolute atomic E-state index is 0.0144. The number of carbonyl (C=O) groups is 2. The van der Waals surface area contributed by atoms with E-state index in [1.54, 1.807) is 42.5 Å². The number of aliphatic hydroxyl groups is 1. The molecule has 1 amide bonds. The largest absolute Gasteiger partial charge is 0.507 e. The fraction of sp³-hybridized carbons (Fsp3) is 0.250. The number of Topliss-reactive ketones (excluding diaryl/α,β-unsaturated/α-hetero) is 1. The van der Waals surface area contributed by atoms with E-state index in [1.807, 2.05) is 6.92 Å². The number of methoxy groups -OCH3 is 1. The summed E-state index contributed by atoms with van der Waals surface area (Å²) in [5.74, 6) is -0.658. The highest BCUT2D eigenvalue weighted by Crippen LogP contribution is 2.41. The van der Waals surface area contributed by atoms with Crippen molar-refractivity contribution in [3.63, 3.8) is 0 Å². The van der Waals surface area contributed by atoms with Gasteiger partial charge in [0.15, 0.2) is 0 Å². The highest BCUT2D eigenvalue weighted by atomic mass is 35.5.